The molecule has 0 radical (unpaired) electrons. The molecule has 0 saturated heterocycles. The minimum atomic E-state index is -2.09. The minimum absolute atomic E-state index is 0.204. The van der Waals surface area contributed by atoms with Crippen LogP contribution in [0.4, 0.5) is 0 Å². The molecule has 80 valence electrons. The lowest BCUT2D eigenvalue weighted by atomic mass is 10.7. The molecule has 0 N–H and O–H groups in total. The molecule has 0 aliphatic heterocycles. The first-order valence-electron chi connectivity index (χ1n) is 3.22. The second kappa shape index (κ2) is 9.63. The van der Waals surface area contributed by atoms with Gasteiger partial charge >= 0.3 is 8.25 Å². The quantitative estimate of drug-likeness (QED) is 0.510. The lowest BCUT2D eigenvalue weighted by Gasteiger charge is -1.90. The molecular weight excluding hydrogens is 471 g/mol. The number of hydrogen-bond donors (Lipinski definition) is 0. The van der Waals surface area contributed by atoms with E-state index in [-0.39, 0.29) is 13.2 Å². The fourth-order valence-corrected chi connectivity index (χ4v) is 1.74. The highest BCUT2D eigenvalue weighted by atomic mass is 79.9. The number of hydrogen-bond acceptors (Lipinski definition) is 3. The fraction of sp³-hybridized carbons (Fsp3) is 0.333. The third-order valence-electron chi connectivity index (χ3n) is 0.852. The van der Waals surface area contributed by atoms with Crippen molar-refractivity contribution in [3.05, 3.63) is 18.9 Å². The largest absolute Gasteiger partial charge is 0.698 e. The molecule has 0 spiro atoms. The van der Waals surface area contributed by atoms with Crippen LogP contribution in [0.5, 0.6) is 0 Å². The van der Waals surface area contributed by atoms with Crippen molar-refractivity contribution >= 4 is 72.0 Å². The maximum Gasteiger partial charge on any atom is 0.698 e. The molecule has 0 bridgehead atoms. The Bertz CT molecular complexity index is 229. The van der Waals surface area contributed by atoms with Gasteiger partial charge in [-0.1, -0.05) is 63.7 Å². The first-order valence-corrected chi connectivity index (χ1v) is 7.74. The van der Waals surface area contributed by atoms with Gasteiger partial charge in [-0.05, 0) is 9.97 Å². The summed E-state index contributed by atoms with van der Waals surface area (Å²) in [7, 11) is -2.09. The standard InChI is InChI=1S/C6H6Br4O3P/c7-1-5(9)3-12-14(11)13-4-6(10)2-8/h1-2H,3-4H2/q+1. The first kappa shape index (κ1) is 15.4. The third kappa shape index (κ3) is 8.71. The molecule has 14 heavy (non-hydrogen) atoms. The molecule has 3 nitrogen and oxygen atoms in total. The van der Waals surface area contributed by atoms with Gasteiger partial charge in [0.2, 0.25) is 0 Å². The minimum Gasteiger partial charge on any atom is -0.114 e. The Morgan fingerprint density at radius 3 is 1.71 bits per heavy atom. The van der Waals surface area contributed by atoms with Crippen molar-refractivity contribution in [3.8, 4) is 0 Å². The SMILES string of the molecule is O=[P+](OCC(Br)=CBr)OCC(Br)=CBr. The molecule has 0 aromatic carbocycles. The second-order valence-corrected chi connectivity index (χ2v) is 5.80. The van der Waals surface area contributed by atoms with Gasteiger partial charge in [0, 0.05) is 13.5 Å². The van der Waals surface area contributed by atoms with Crippen molar-refractivity contribution < 1.29 is 13.6 Å². The monoisotopic (exact) mass is 473 g/mol. The van der Waals surface area contributed by atoms with Crippen LogP contribution < -0.4 is 0 Å². The van der Waals surface area contributed by atoms with Gasteiger partial charge in [0.05, 0.1) is 0 Å². The Kier molecular flexibility index (Phi) is 10.6. The topological polar surface area (TPSA) is 35.5 Å². The summed E-state index contributed by atoms with van der Waals surface area (Å²) in [4.78, 5) is 3.26. The van der Waals surface area contributed by atoms with E-state index in [2.05, 4.69) is 63.7 Å². The molecular formula is C6H6Br4O3P+. The molecule has 0 aromatic heterocycles. The van der Waals surface area contributed by atoms with E-state index in [9.17, 15) is 4.57 Å². The van der Waals surface area contributed by atoms with Crippen LogP contribution in [0.2, 0.25) is 0 Å². The van der Waals surface area contributed by atoms with Gasteiger partial charge in [-0.25, -0.2) is 0 Å². The van der Waals surface area contributed by atoms with Crippen LogP contribution in [0, 0.1) is 0 Å². The average Bonchev–Trinajstić information content (AvgIpc) is 2.22. The van der Waals surface area contributed by atoms with Gasteiger partial charge < -0.3 is 0 Å². The summed E-state index contributed by atoms with van der Waals surface area (Å²) in [6, 6.07) is 0. The normalized spacial score (nSPS) is 14.4. The molecule has 0 aromatic rings. The summed E-state index contributed by atoms with van der Waals surface area (Å²) < 4.78 is 22.3. The second-order valence-electron chi connectivity index (χ2n) is 1.88. The maximum atomic E-state index is 11.1. The lowest BCUT2D eigenvalue weighted by Crippen LogP contribution is -1.90. The van der Waals surface area contributed by atoms with Crippen LogP contribution in [0.15, 0.2) is 18.9 Å². The Morgan fingerprint density at radius 1 is 1.07 bits per heavy atom. The zero-order valence-corrected chi connectivity index (χ0v) is 14.0. The van der Waals surface area contributed by atoms with Crippen molar-refractivity contribution in [3.63, 3.8) is 0 Å². The predicted molar refractivity (Wildman–Crippen MR) is 71.4 cm³/mol. The summed E-state index contributed by atoms with van der Waals surface area (Å²) in [5.41, 5.74) is 0. The Balaban J connectivity index is 3.67. The molecule has 0 saturated carbocycles. The molecule has 0 aliphatic carbocycles. The lowest BCUT2D eigenvalue weighted by molar-refractivity contribution is 0.259. The van der Waals surface area contributed by atoms with Crippen molar-refractivity contribution in [2.75, 3.05) is 13.2 Å². The first-order chi connectivity index (χ1) is 6.60. The van der Waals surface area contributed by atoms with E-state index in [1.54, 1.807) is 9.97 Å². The molecule has 0 amide bonds. The average molecular weight is 477 g/mol. The van der Waals surface area contributed by atoms with E-state index in [1.807, 2.05) is 0 Å². The Morgan fingerprint density at radius 2 is 1.43 bits per heavy atom. The van der Waals surface area contributed by atoms with Crippen LogP contribution in [-0.2, 0) is 13.6 Å². The van der Waals surface area contributed by atoms with Crippen LogP contribution in [0.1, 0.15) is 0 Å². The van der Waals surface area contributed by atoms with E-state index in [0.29, 0.717) is 0 Å². The van der Waals surface area contributed by atoms with E-state index in [0.717, 1.165) is 8.96 Å². The van der Waals surface area contributed by atoms with Gasteiger partial charge in [-0.3, -0.25) is 0 Å². The maximum absolute atomic E-state index is 11.1. The fourth-order valence-electron chi connectivity index (χ4n) is 0.329. The van der Waals surface area contributed by atoms with Crippen molar-refractivity contribution in [1.82, 2.24) is 0 Å². The van der Waals surface area contributed by atoms with Gasteiger partial charge in [0.1, 0.15) is 13.2 Å². The van der Waals surface area contributed by atoms with Gasteiger partial charge in [0.15, 0.2) is 0 Å². The molecule has 0 atom stereocenters. The summed E-state index contributed by atoms with van der Waals surface area (Å²) in [6.45, 7) is 0.409. The zero-order chi connectivity index (χ0) is 11.0. The Hall–Kier alpha value is 1.42. The molecule has 0 unspecified atom stereocenters. The van der Waals surface area contributed by atoms with E-state index >= 15 is 0 Å². The van der Waals surface area contributed by atoms with E-state index < -0.39 is 8.25 Å². The third-order valence-corrected chi connectivity index (χ3v) is 4.78. The highest BCUT2D eigenvalue weighted by Crippen LogP contribution is 2.27. The van der Waals surface area contributed by atoms with E-state index in [4.69, 9.17) is 9.05 Å². The van der Waals surface area contributed by atoms with Crippen LogP contribution >= 0.6 is 72.0 Å². The molecule has 0 aliphatic rings. The number of rotatable bonds is 6. The summed E-state index contributed by atoms with van der Waals surface area (Å²) >= 11 is 12.5. The van der Waals surface area contributed by atoms with Crippen LogP contribution in [0.3, 0.4) is 0 Å². The van der Waals surface area contributed by atoms with Gasteiger partial charge in [-0.2, -0.15) is 0 Å². The molecule has 0 heterocycles. The van der Waals surface area contributed by atoms with Crippen LogP contribution in [0.25, 0.3) is 0 Å². The van der Waals surface area contributed by atoms with Crippen LogP contribution in [-0.4, -0.2) is 13.2 Å². The van der Waals surface area contributed by atoms with Crippen molar-refractivity contribution in [2.24, 2.45) is 0 Å². The molecule has 0 fully saturated rings. The Labute approximate surface area is 117 Å². The van der Waals surface area contributed by atoms with Gasteiger partial charge in [-0.15, -0.1) is 9.05 Å². The predicted octanol–water partition coefficient (Wildman–Crippen LogP) is 4.94. The number of halogens is 4. The van der Waals surface area contributed by atoms with Crippen molar-refractivity contribution in [2.45, 2.75) is 0 Å². The molecule has 0 rings (SSSR count). The van der Waals surface area contributed by atoms with E-state index in [1.165, 1.54) is 0 Å². The molecule has 8 heteroatoms. The summed E-state index contributed by atoms with van der Waals surface area (Å²) in [5, 5.41) is 0. The highest BCUT2D eigenvalue weighted by Gasteiger charge is 2.20. The zero-order valence-electron chi connectivity index (χ0n) is 6.75. The highest BCUT2D eigenvalue weighted by molar-refractivity contribution is 9.14. The smallest absolute Gasteiger partial charge is 0.114 e. The summed E-state index contributed by atoms with van der Waals surface area (Å²) in [5.74, 6) is 0. The van der Waals surface area contributed by atoms with Crippen molar-refractivity contribution in [1.29, 1.82) is 0 Å². The summed E-state index contributed by atoms with van der Waals surface area (Å²) in [6.07, 6.45) is 0. The van der Waals surface area contributed by atoms with Gasteiger partial charge in [0.25, 0.3) is 0 Å².